The van der Waals surface area contributed by atoms with Gasteiger partial charge in [-0.3, -0.25) is 4.68 Å². The van der Waals surface area contributed by atoms with Gasteiger partial charge in [-0.1, -0.05) is 41.3 Å². The van der Waals surface area contributed by atoms with Crippen LogP contribution in [0.4, 0.5) is 10.5 Å². The number of aliphatic hydroxyl groups excluding tert-OH is 1. The highest BCUT2D eigenvalue weighted by Crippen LogP contribution is 2.32. The second-order valence-corrected chi connectivity index (χ2v) is 9.38. The van der Waals surface area contributed by atoms with Crippen molar-refractivity contribution in [2.75, 3.05) is 11.9 Å². The zero-order chi connectivity index (χ0) is 22.5. The lowest BCUT2D eigenvalue weighted by molar-refractivity contribution is -0.0905. The SMILES string of the molecule is O=C(Nc1ccc(Cl)c(Cl)c1)N[C@@H]1CC[C@@H](CCn2cc(C3CCCC3)nn2)O[C@H]1CO. The number of nitrogens with one attached hydrogen (secondary N) is 2. The van der Waals surface area contributed by atoms with Gasteiger partial charge >= 0.3 is 6.03 Å². The van der Waals surface area contributed by atoms with Crippen LogP contribution in [-0.2, 0) is 11.3 Å². The molecule has 2 fully saturated rings. The van der Waals surface area contributed by atoms with Crippen LogP contribution < -0.4 is 10.6 Å². The van der Waals surface area contributed by atoms with Crippen LogP contribution in [0.2, 0.25) is 10.0 Å². The Morgan fingerprint density at radius 2 is 2.00 bits per heavy atom. The van der Waals surface area contributed by atoms with Crippen molar-refractivity contribution >= 4 is 34.9 Å². The minimum absolute atomic E-state index is 0.00228. The third kappa shape index (κ3) is 5.92. The van der Waals surface area contributed by atoms with Gasteiger partial charge in [0.2, 0.25) is 0 Å². The van der Waals surface area contributed by atoms with Gasteiger partial charge in [-0.25, -0.2) is 4.79 Å². The molecule has 32 heavy (non-hydrogen) atoms. The molecule has 3 N–H and O–H groups in total. The molecular weight excluding hydrogens is 453 g/mol. The number of nitrogens with zero attached hydrogens (tertiary/aromatic N) is 3. The van der Waals surface area contributed by atoms with Gasteiger partial charge in [-0.05, 0) is 50.3 Å². The lowest BCUT2D eigenvalue weighted by atomic mass is 9.97. The Bertz CT molecular complexity index is 919. The van der Waals surface area contributed by atoms with Gasteiger partial charge in [0.1, 0.15) is 6.10 Å². The molecule has 2 amide bonds. The summed E-state index contributed by atoms with van der Waals surface area (Å²) in [5.74, 6) is 0.551. The van der Waals surface area contributed by atoms with Crippen molar-refractivity contribution in [2.45, 2.75) is 75.7 Å². The molecule has 1 aromatic carbocycles. The monoisotopic (exact) mass is 481 g/mol. The van der Waals surface area contributed by atoms with Crippen molar-refractivity contribution in [1.29, 1.82) is 0 Å². The van der Waals surface area contributed by atoms with E-state index in [-0.39, 0.29) is 24.8 Å². The van der Waals surface area contributed by atoms with Crippen LogP contribution in [0.5, 0.6) is 0 Å². The maximum absolute atomic E-state index is 12.4. The number of urea groups is 1. The summed E-state index contributed by atoms with van der Waals surface area (Å²) in [6.45, 7) is 0.557. The summed E-state index contributed by atoms with van der Waals surface area (Å²) in [5.41, 5.74) is 1.63. The highest BCUT2D eigenvalue weighted by molar-refractivity contribution is 6.42. The number of carbonyl (C=O) groups is 1. The number of anilines is 1. The Morgan fingerprint density at radius 3 is 2.75 bits per heavy atom. The van der Waals surface area contributed by atoms with E-state index in [2.05, 4.69) is 27.1 Å². The van der Waals surface area contributed by atoms with Crippen molar-refractivity contribution in [3.8, 4) is 0 Å². The molecule has 10 heteroatoms. The fraction of sp³-hybridized carbons (Fsp3) is 0.591. The maximum Gasteiger partial charge on any atom is 0.319 e. The summed E-state index contributed by atoms with van der Waals surface area (Å²) in [5, 5.41) is 24.8. The van der Waals surface area contributed by atoms with Crippen molar-refractivity contribution in [2.24, 2.45) is 0 Å². The van der Waals surface area contributed by atoms with E-state index in [4.69, 9.17) is 27.9 Å². The average molecular weight is 482 g/mol. The van der Waals surface area contributed by atoms with E-state index in [1.54, 1.807) is 18.2 Å². The molecule has 1 saturated heterocycles. The standard InChI is InChI=1S/C22H29Cl2N5O3/c23-17-7-5-15(11-18(17)24)25-22(31)26-19-8-6-16(32-21(19)13-30)9-10-29-12-20(27-28-29)14-3-1-2-4-14/h5,7,11-12,14,16,19,21,30H,1-4,6,8-10,13H2,(H2,25,26,31)/t16-,19+,21-/m0/s1. The Balaban J connectivity index is 1.24. The third-order valence-corrected chi connectivity index (χ3v) is 7.04. The lowest BCUT2D eigenvalue weighted by Crippen LogP contribution is -2.52. The number of aryl methyl sites for hydroxylation is 1. The number of hydrogen-bond acceptors (Lipinski definition) is 5. The molecule has 4 rings (SSSR count). The molecule has 0 radical (unpaired) electrons. The predicted octanol–water partition coefficient (Wildman–Crippen LogP) is 4.36. The molecule has 0 unspecified atom stereocenters. The van der Waals surface area contributed by atoms with E-state index in [1.165, 1.54) is 25.7 Å². The van der Waals surface area contributed by atoms with Crippen LogP contribution in [0.25, 0.3) is 0 Å². The molecule has 2 aromatic rings. The molecule has 8 nitrogen and oxygen atoms in total. The summed E-state index contributed by atoms with van der Waals surface area (Å²) in [7, 11) is 0. The Kier molecular flexibility index (Phi) is 7.88. The smallest absolute Gasteiger partial charge is 0.319 e. The minimum atomic E-state index is -0.460. The summed E-state index contributed by atoms with van der Waals surface area (Å²) in [4.78, 5) is 12.4. The normalized spacial score (nSPS) is 23.9. The van der Waals surface area contributed by atoms with Crippen LogP contribution in [0.1, 0.15) is 56.6 Å². The number of ether oxygens (including phenoxy) is 1. The first-order valence-electron chi connectivity index (χ1n) is 11.2. The largest absolute Gasteiger partial charge is 0.394 e. The number of aliphatic hydroxyl groups is 1. The molecule has 2 aliphatic rings. The zero-order valence-electron chi connectivity index (χ0n) is 17.8. The number of rotatable bonds is 7. The molecule has 2 heterocycles. The summed E-state index contributed by atoms with van der Waals surface area (Å²) < 4.78 is 7.96. The van der Waals surface area contributed by atoms with Gasteiger partial charge in [0.25, 0.3) is 0 Å². The number of carbonyl (C=O) groups excluding carboxylic acids is 1. The second-order valence-electron chi connectivity index (χ2n) is 8.57. The van der Waals surface area contributed by atoms with Gasteiger partial charge in [0, 0.05) is 24.3 Å². The van der Waals surface area contributed by atoms with E-state index < -0.39 is 6.10 Å². The van der Waals surface area contributed by atoms with Crippen molar-refractivity contribution in [1.82, 2.24) is 20.3 Å². The number of benzene rings is 1. The Labute approximate surface area is 197 Å². The molecule has 0 bridgehead atoms. The lowest BCUT2D eigenvalue weighted by Gasteiger charge is -2.36. The first kappa shape index (κ1) is 23.3. The highest BCUT2D eigenvalue weighted by Gasteiger charge is 2.32. The highest BCUT2D eigenvalue weighted by atomic mass is 35.5. The van der Waals surface area contributed by atoms with Crippen molar-refractivity contribution in [3.63, 3.8) is 0 Å². The Hall–Kier alpha value is -1.87. The molecule has 0 spiro atoms. The summed E-state index contributed by atoms with van der Waals surface area (Å²) >= 11 is 11.9. The molecule has 1 aromatic heterocycles. The fourth-order valence-electron chi connectivity index (χ4n) is 4.53. The fourth-order valence-corrected chi connectivity index (χ4v) is 4.82. The number of hydrogen-bond donors (Lipinski definition) is 3. The molecule has 3 atom stereocenters. The van der Waals surface area contributed by atoms with Crippen molar-refractivity contribution < 1.29 is 14.6 Å². The van der Waals surface area contributed by atoms with Crippen LogP contribution in [0.15, 0.2) is 24.4 Å². The van der Waals surface area contributed by atoms with Gasteiger partial charge in [-0.2, -0.15) is 0 Å². The van der Waals surface area contributed by atoms with Crippen LogP contribution in [0.3, 0.4) is 0 Å². The van der Waals surface area contributed by atoms with E-state index in [1.807, 2.05) is 4.68 Å². The Morgan fingerprint density at radius 1 is 1.19 bits per heavy atom. The van der Waals surface area contributed by atoms with Gasteiger partial charge in [0.05, 0.1) is 34.5 Å². The third-order valence-electron chi connectivity index (χ3n) is 6.30. The minimum Gasteiger partial charge on any atom is -0.394 e. The van der Waals surface area contributed by atoms with Gasteiger partial charge in [-0.15, -0.1) is 5.10 Å². The van der Waals surface area contributed by atoms with E-state index in [9.17, 15) is 9.90 Å². The maximum atomic E-state index is 12.4. The number of halogens is 2. The van der Waals surface area contributed by atoms with Crippen LogP contribution in [0, 0.1) is 0 Å². The van der Waals surface area contributed by atoms with Crippen LogP contribution in [-0.4, -0.2) is 51.0 Å². The van der Waals surface area contributed by atoms with Gasteiger partial charge in [0.15, 0.2) is 0 Å². The van der Waals surface area contributed by atoms with E-state index in [0.29, 0.717) is 21.7 Å². The quantitative estimate of drug-likeness (QED) is 0.545. The summed E-state index contributed by atoms with van der Waals surface area (Å²) in [6.07, 6.45) is 8.85. The number of amides is 2. The molecule has 1 saturated carbocycles. The average Bonchev–Trinajstić information content (AvgIpc) is 3.47. The first-order valence-corrected chi connectivity index (χ1v) is 12.0. The molecule has 174 valence electrons. The predicted molar refractivity (Wildman–Crippen MR) is 123 cm³/mol. The molecular formula is C22H29Cl2N5O3. The second kappa shape index (κ2) is 10.8. The zero-order valence-corrected chi connectivity index (χ0v) is 19.4. The first-order chi connectivity index (χ1) is 15.5. The van der Waals surface area contributed by atoms with Crippen molar-refractivity contribution in [3.05, 3.63) is 40.1 Å². The summed E-state index contributed by atoms with van der Waals surface area (Å²) in [6, 6.07) is 4.22. The molecule has 1 aliphatic carbocycles. The number of aromatic nitrogens is 3. The van der Waals surface area contributed by atoms with E-state index in [0.717, 1.165) is 31.5 Å². The topological polar surface area (TPSA) is 101 Å². The molecule has 1 aliphatic heterocycles. The van der Waals surface area contributed by atoms with Crippen LogP contribution >= 0.6 is 23.2 Å². The van der Waals surface area contributed by atoms with E-state index >= 15 is 0 Å². The van der Waals surface area contributed by atoms with Gasteiger partial charge < -0.3 is 20.5 Å².